The normalized spacial score (nSPS) is 18.7. The van der Waals surface area contributed by atoms with Gasteiger partial charge in [-0.2, -0.15) is 0 Å². The molecule has 1 unspecified atom stereocenters. The van der Waals surface area contributed by atoms with Crippen LogP contribution in [-0.4, -0.2) is 18.3 Å². The van der Waals surface area contributed by atoms with Crippen LogP contribution in [0.3, 0.4) is 0 Å². The maximum atomic E-state index is 8.92. The molecule has 0 spiro atoms. The Morgan fingerprint density at radius 3 is 2.50 bits per heavy atom. The zero-order valence-electron chi connectivity index (χ0n) is 11.1. The summed E-state index contributed by atoms with van der Waals surface area (Å²) in [5.41, 5.74) is 1.40. The number of nitrogens with one attached hydrogen (secondary N) is 1. The van der Waals surface area contributed by atoms with E-state index >= 15 is 0 Å². The summed E-state index contributed by atoms with van der Waals surface area (Å²) >= 11 is 0. The second kappa shape index (κ2) is 7.55. The lowest BCUT2D eigenvalue weighted by Crippen LogP contribution is -2.30. The first-order valence-corrected chi connectivity index (χ1v) is 7.31. The molecule has 1 aromatic rings. The van der Waals surface area contributed by atoms with Gasteiger partial charge in [-0.25, -0.2) is 0 Å². The summed E-state index contributed by atoms with van der Waals surface area (Å²) in [4.78, 5) is 0. The Morgan fingerprint density at radius 2 is 1.83 bits per heavy atom. The van der Waals surface area contributed by atoms with Crippen molar-refractivity contribution in [3.63, 3.8) is 0 Å². The zero-order valence-corrected chi connectivity index (χ0v) is 11.1. The van der Waals surface area contributed by atoms with Crippen molar-refractivity contribution in [2.24, 2.45) is 5.92 Å². The minimum Gasteiger partial charge on any atom is -0.396 e. The van der Waals surface area contributed by atoms with Crippen LogP contribution in [-0.2, 0) is 0 Å². The number of aliphatic hydroxyl groups excluding tert-OH is 1. The molecule has 1 saturated carbocycles. The van der Waals surface area contributed by atoms with Crippen LogP contribution in [0, 0.1) is 5.92 Å². The quantitative estimate of drug-likeness (QED) is 0.756. The Kier molecular flexibility index (Phi) is 5.69. The summed E-state index contributed by atoms with van der Waals surface area (Å²) in [5, 5.41) is 12.6. The third-order valence-electron chi connectivity index (χ3n) is 3.98. The largest absolute Gasteiger partial charge is 0.396 e. The van der Waals surface area contributed by atoms with Gasteiger partial charge >= 0.3 is 0 Å². The van der Waals surface area contributed by atoms with E-state index in [4.69, 9.17) is 5.11 Å². The molecule has 2 rings (SSSR count). The Balaban J connectivity index is 2.01. The summed E-state index contributed by atoms with van der Waals surface area (Å²) in [6.45, 7) is 1.19. The lowest BCUT2D eigenvalue weighted by atomic mass is 9.81. The topological polar surface area (TPSA) is 32.3 Å². The van der Waals surface area contributed by atoms with E-state index < -0.39 is 0 Å². The fourth-order valence-electron chi connectivity index (χ4n) is 3.02. The standard InChI is InChI=1S/C16H25NO/c18-13-7-12-17-16(14-8-3-1-4-9-14)15-10-5-2-6-11-15/h1,3-4,8-9,15-18H,2,5-7,10-13H2. The zero-order chi connectivity index (χ0) is 12.6. The van der Waals surface area contributed by atoms with E-state index in [-0.39, 0.29) is 6.61 Å². The highest BCUT2D eigenvalue weighted by atomic mass is 16.3. The fraction of sp³-hybridized carbons (Fsp3) is 0.625. The Hall–Kier alpha value is -0.860. The molecular formula is C16H25NO. The average Bonchev–Trinajstić information content (AvgIpc) is 2.46. The Labute approximate surface area is 110 Å². The van der Waals surface area contributed by atoms with Crippen LogP contribution in [0.1, 0.15) is 50.1 Å². The van der Waals surface area contributed by atoms with Crippen LogP contribution in [0.25, 0.3) is 0 Å². The highest BCUT2D eigenvalue weighted by molar-refractivity contribution is 5.19. The van der Waals surface area contributed by atoms with Crippen LogP contribution < -0.4 is 5.32 Å². The lowest BCUT2D eigenvalue weighted by Gasteiger charge is -2.31. The second-order valence-electron chi connectivity index (χ2n) is 5.32. The number of hydrogen-bond acceptors (Lipinski definition) is 2. The lowest BCUT2D eigenvalue weighted by molar-refractivity contribution is 0.252. The molecule has 1 atom stereocenters. The molecule has 100 valence electrons. The van der Waals surface area contributed by atoms with Crippen molar-refractivity contribution in [2.75, 3.05) is 13.2 Å². The summed E-state index contributed by atoms with van der Waals surface area (Å²) in [6, 6.07) is 11.3. The van der Waals surface area contributed by atoms with Crippen LogP contribution in [0.4, 0.5) is 0 Å². The molecule has 0 radical (unpaired) electrons. The SMILES string of the molecule is OCCCNC(c1ccccc1)C1CCCCC1. The van der Waals surface area contributed by atoms with Crippen molar-refractivity contribution < 1.29 is 5.11 Å². The van der Waals surface area contributed by atoms with E-state index in [1.54, 1.807) is 0 Å². The monoisotopic (exact) mass is 247 g/mol. The first-order chi connectivity index (χ1) is 8.92. The highest BCUT2D eigenvalue weighted by Gasteiger charge is 2.24. The predicted molar refractivity (Wildman–Crippen MR) is 75.5 cm³/mol. The molecule has 2 N–H and O–H groups in total. The van der Waals surface area contributed by atoms with Gasteiger partial charge in [0.1, 0.15) is 0 Å². The molecule has 2 heteroatoms. The molecule has 0 saturated heterocycles. The van der Waals surface area contributed by atoms with Gasteiger partial charge in [0.25, 0.3) is 0 Å². The van der Waals surface area contributed by atoms with Crippen molar-refractivity contribution in [3.8, 4) is 0 Å². The molecule has 1 aromatic carbocycles. The summed E-state index contributed by atoms with van der Waals surface area (Å²) in [6.07, 6.45) is 7.66. The van der Waals surface area contributed by atoms with Crippen molar-refractivity contribution in [2.45, 2.75) is 44.6 Å². The van der Waals surface area contributed by atoms with Gasteiger partial charge in [-0.15, -0.1) is 0 Å². The van der Waals surface area contributed by atoms with Gasteiger partial charge in [-0.1, -0.05) is 49.6 Å². The van der Waals surface area contributed by atoms with Crippen LogP contribution in [0.15, 0.2) is 30.3 Å². The van der Waals surface area contributed by atoms with E-state index in [0.29, 0.717) is 6.04 Å². The summed E-state index contributed by atoms with van der Waals surface area (Å²) < 4.78 is 0. The molecule has 1 fully saturated rings. The summed E-state index contributed by atoms with van der Waals surface area (Å²) in [7, 11) is 0. The van der Waals surface area contributed by atoms with Crippen molar-refractivity contribution in [1.29, 1.82) is 0 Å². The molecule has 1 aliphatic rings. The van der Waals surface area contributed by atoms with Crippen LogP contribution in [0.2, 0.25) is 0 Å². The fourth-order valence-corrected chi connectivity index (χ4v) is 3.02. The van der Waals surface area contributed by atoms with E-state index in [9.17, 15) is 0 Å². The van der Waals surface area contributed by atoms with Crippen molar-refractivity contribution in [1.82, 2.24) is 5.32 Å². The molecule has 0 aliphatic heterocycles. The Morgan fingerprint density at radius 1 is 1.11 bits per heavy atom. The van der Waals surface area contributed by atoms with Crippen molar-refractivity contribution >= 4 is 0 Å². The number of aliphatic hydroxyl groups is 1. The third-order valence-corrected chi connectivity index (χ3v) is 3.98. The molecule has 18 heavy (non-hydrogen) atoms. The molecule has 0 amide bonds. The highest BCUT2D eigenvalue weighted by Crippen LogP contribution is 2.34. The van der Waals surface area contributed by atoms with Crippen LogP contribution in [0.5, 0.6) is 0 Å². The van der Waals surface area contributed by atoms with E-state index in [2.05, 4.69) is 35.6 Å². The van der Waals surface area contributed by atoms with E-state index in [1.807, 2.05) is 0 Å². The van der Waals surface area contributed by atoms with E-state index in [1.165, 1.54) is 37.7 Å². The molecule has 1 aliphatic carbocycles. The van der Waals surface area contributed by atoms with Crippen LogP contribution >= 0.6 is 0 Å². The minimum atomic E-state index is 0.277. The number of rotatable bonds is 6. The van der Waals surface area contributed by atoms with Gasteiger partial charge in [-0.3, -0.25) is 0 Å². The molecular weight excluding hydrogens is 222 g/mol. The molecule has 2 nitrogen and oxygen atoms in total. The molecule has 0 aromatic heterocycles. The minimum absolute atomic E-state index is 0.277. The van der Waals surface area contributed by atoms with Gasteiger partial charge in [0, 0.05) is 12.6 Å². The number of benzene rings is 1. The average molecular weight is 247 g/mol. The third kappa shape index (κ3) is 3.82. The predicted octanol–water partition coefficient (Wildman–Crippen LogP) is 3.28. The van der Waals surface area contributed by atoms with Gasteiger partial charge in [0.05, 0.1) is 0 Å². The van der Waals surface area contributed by atoms with Gasteiger partial charge in [0.2, 0.25) is 0 Å². The second-order valence-corrected chi connectivity index (χ2v) is 5.32. The molecule has 0 heterocycles. The number of hydrogen-bond donors (Lipinski definition) is 2. The Bertz CT molecular complexity index is 319. The van der Waals surface area contributed by atoms with Gasteiger partial charge in [-0.05, 0) is 37.3 Å². The van der Waals surface area contributed by atoms with E-state index in [0.717, 1.165) is 18.9 Å². The van der Waals surface area contributed by atoms with Crippen molar-refractivity contribution in [3.05, 3.63) is 35.9 Å². The summed E-state index contributed by atoms with van der Waals surface area (Å²) in [5.74, 6) is 0.764. The maximum Gasteiger partial charge on any atom is 0.0443 e. The maximum absolute atomic E-state index is 8.92. The first-order valence-electron chi connectivity index (χ1n) is 7.31. The van der Waals surface area contributed by atoms with Gasteiger partial charge in [0.15, 0.2) is 0 Å². The molecule has 0 bridgehead atoms. The first kappa shape index (κ1) is 13.6. The smallest absolute Gasteiger partial charge is 0.0443 e. The van der Waals surface area contributed by atoms with Gasteiger partial charge < -0.3 is 10.4 Å².